The van der Waals surface area contributed by atoms with Crippen LogP contribution in [0.4, 0.5) is 5.69 Å². The molecule has 1 aliphatic heterocycles. The standard InChI is InChI=1S/C20H18N4O3/c25-20(24-10-15-2-1-5-21-8-15)16-7-17(12-22-11-16)23-9-14-3-4-18-19(6-14)27-13-26-18/h1-8,11-12,23H,9-10,13H2,(H,24,25). The van der Waals surface area contributed by atoms with Gasteiger partial charge in [-0.1, -0.05) is 12.1 Å². The molecule has 1 amide bonds. The van der Waals surface area contributed by atoms with E-state index in [4.69, 9.17) is 9.47 Å². The quantitative estimate of drug-likeness (QED) is 0.701. The maximum absolute atomic E-state index is 12.3. The van der Waals surface area contributed by atoms with Crippen LogP contribution < -0.4 is 20.1 Å². The minimum Gasteiger partial charge on any atom is -0.454 e. The lowest BCUT2D eigenvalue weighted by molar-refractivity contribution is 0.0950. The Morgan fingerprint density at radius 1 is 0.963 bits per heavy atom. The molecule has 0 radical (unpaired) electrons. The van der Waals surface area contributed by atoms with E-state index in [0.29, 0.717) is 18.7 Å². The van der Waals surface area contributed by atoms with E-state index in [1.807, 2.05) is 30.3 Å². The summed E-state index contributed by atoms with van der Waals surface area (Å²) in [4.78, 5) is 20.5. The lowest BCUT2D eigenvalue weighted by Crippen LogP contribution is -2.23. The van der Waals surface area contributed by atoms with Gasteiger partial charge in [0.25, 0.3) is 5.91 Å². The highest BCUT2D eigenvalue weighted by Gasteiger charge is 2.13. The molecule has 4 rings (SSSR count). The topological polar surface area (TPSA) is 85.4 Å². The number of nitrogens with zero attached hydrogens (tertiary/aromatic N) is 2. The molecule has 2 aromatic heterocycles. The minimum atomic E-state index is -0.182. The van der Waals surface area contributed by atoms with Crippen LogP contribution >= 0.6 is 0 Å². The molecule has 0 atom stereocenters. The first-order valence-electron chi connectivity index (χ1n) is 8.52. The lowest BCUT2D eigenvalue weighted by atomic mass is 10.2. The summed E-state index contributed by atoms with van der Waals surface area (Å²) in [6.45, 7) is 1.26. The van der Waals surface area contributed by atoms with Gasteiger partial charge in [0.2, 0.25) is 6.79 Å². The molecule has 2 N–H and O–H groups in total. The zero-order valence-electron chi connectivity index (χ0n) is 14.5. The molecule has 1 aliphatic rings. The van der Waals surface area contributed by atoms with E-state index in [1.165, 1.54) is 0 Å². The van der Waals surface area contributed by atoms with E-state index in [2.05, 4.69) is 20.6 Å². The van der Waals surface area contributed by atoms with E-state index in [9.17, 15) is 4.79 Å². The highest BCUT2D eigenvalue weighted by molar-refractivity contribution is 5.94. The van der Waals surface area contributed by atoms with Gasteiger partial charge in [0.05, 0.1) is 11.3 Å². The van der Waals surface area contributed by atoms with Crippen molar-refractivity contribution in [2.24, 2.45) is 0 Å². The number of carbonyl (C=O) groups excluding carboxylic acids is 1. The van der Waals surface area contributed by atoms with Crippen LogP contribution in [-0.2, 0) is 13.1 Å². The molecule has 0 aliphatic carbocycles. The second-order valence-corrected chi connectivity index (χ2v) is 6.05. The Morgan fingerprint density at radius 2 is 1.89 bits per heavy atom. The Labute approximate surface area is 156 Å². The highest BCUT2D eigenvalue weighted by Crippen LogP contribution is 2.32. The van der Waals surface area contributed by atoms with Crippen LogP contribution in [0.1, 0.15) is 21.5 Å². The molecule has 136 valence electrons. The van der Waals surface area contributed by atoms with Crippen molar-refractivity contribution in [1.29, 1.82) is 0 Å². The molecule has 7 nitrogen and oxygen atoms in total. The number of benzene rings is 1. The number of hydrogen-bond acceptors (Lipinski definition) is 6. The van der Waals surface area contributed by atoms with Crippen molar-refractivity contribution in [2.75, 3.05) is 12.1 Å². The fraction of sp³-hybridized carbons (Fsp3) is 0.150. The van der Waals surface area contributed by atoms with Gasteiger partial charge in [-0.3, -0.25) is 14.8 Å². The van der Waals surface area contributed by atoms with Crippen LogP contribution in [-0.4, -0.2) is 22.7 Å². The molecule has 3 heterocycles. The molecule has 0 saturated carbocycles. The minimum absolute atomic E-state index is 0.182. The molecular weight excluding hydrogens is 344 g/mol. The van der Waals surface area contributed by atoms with Gasteiger partial charge in [-0.25, -0.2) is 0 Å². The van der Waals surface area contributed by atoms with Crippen LogP contribution in [0, 0.1) is 0 Å². The molecular formula is C20H18N4O3. The average Bonchev–Trinajstić information content (AvgIpc) is 3.19. The molecule has 0 saturated heterocycles. The molecule has 0 spiro atoms. The number of ether oxygens (including phenoxy) is 2. The maximum atomic E-state index is 12.3. The average molecular weight is 362 g/mol. The number of amides is 1. The Kier molecular flexibility index (Phi) is 4.82. The summed E-state index contributed by atoms with van der Waals surface area (Å²) in [6.07, 6.45) is 6.65. The normalized spacial score (nSPS) is 11.9. The van der Waals surface area contributed by atoms with Gasteiger partial charge in [-0.2, -0.15) is 0 Å². The van der Waals surface area contributed by atoms with Crippen molar-refractivity contribution in [3.05, 3.63) is 77.9 Å². The number of hydrogen-bond donors (Lipinski definition) is 2. The second-order valence-electron chi connectivity index (χ2n) is 6.05. The van der Waals surface area contributed by atoms with Gasteiger partial charge in [0.1, 0.15) is 0 Å². The Hall–Kier alpha value is -3.61. The Bertz CT molecular complexity index is 947. The van der Waals surface area contributed by atoms with Crippen molar-refractivity contribution in [1.82, 2.24) is 15.3 Å². The SMILES string of the molecule is O=C(NCc1cccnc1)c1cncc(NCc2ccc3c(c2)OCO3)c1. The predicted octanol–water partition coefficient (Wildman–Crippen LogP) is 2.75. The number of aromatic nitrogens is 2. The van der Waals surface area contributed by atoms with Crippen molar-refractivity contribution in [3.63, 3.8) is 0 Å². The molecule has 1 aromatic carbocycles. The number of carbonyl (C=O) groups is 1. The maximum Gasteiger partial charge on any atom is 0.253 e. The van der Waals surface area contributed by atoms with Crippen LogP contribution in [0.3, 0.4) is 0 Å². The summed E-state index contributed by atoms with van der Waals surface area (Å²) in [5.41, 5.74) is 3.25. The largest absolute Gasteiger partial charge is 0.454 e. The Balaban J connectivity index is 1.36. The molecule has 7 heteroatoms. The van der Waals surface area contributed by atoms with E-state index < -0.39 is 0 Å². The van der Waals surface area contributed by atoms with Gasteiger partial charge in [-0.05, 0) is 35.4 Å². The Morgan fingerprint density at radius 3 is 2.78 bits per heavy atom. The first-order chi connectivity index (χ1) is 13.3. The van der Waals surface area contributed by atoms with Crippen molar-refractivity contribution in [2.45, 2.75) is 13.1 Å². The van der Waals surface area contributed by atoms with E-state index in [-0.39, 0.29) is 12.7 Å². The van der Waals surface area contributed by atoms with E-state index in [1.54, 1.807) is 30.9 Å². The van der Waals surface area contributed by atoms with Crippen molar-refractivity contribution >= 4 is 11.6 Å². The van der Waals surface area contributed by atoms with Crippen LogP contribution in [0.25, 0.3) is 0 Å². The third-order valence-corrected chi connectivity index (χ3v) is 4.11. The smallest absolute Gasteiger partial charge is 0.253 e. The van der Waals surface area contributed by atoms with Gasteiger partial charge >= 0.3 is 0 Å². The van der Waals surface area contributed by atoms with E-state index in [0.717, 1.165) is 28.3 Å². The van der Waals surface area contributed by atoms with Gasteiger partial charge < -0.3 is 20.1 Å². The second kappa shape index (κ2) is 7.74. The van der Waals surface area contributed by atoms with Crippen molar-refractivity contribution < 1.29 is 14.3 Å². The molecule has 0 unspecified atom stereocenters. The molecule has 0 fully saturated rings. The van der Waals surface area contributed by atoms with Gasteiger partial charge in [0.15, 0.2) is 11.5 Å². The summed E-state index contributed by atoms with van der Waals surface area (Å²) in [7, 11) is 0. The fourth-order valence-corrected chi connectivity index (χ4v) is 2.70. The third kappa shape index (κ3) is 4.14. The summed E-state index contributed by atoms with van der Waals surface area (Å²) >= 11 is 0. The summed E-state index contributed by atoms with van der Waals surface area (Å²) in [6, 6.07) is 11.3. The van der Waals surface area contributed by atoms with Crippen LogP contribution in [0.2, 0.25) is 0 Å². The summed E-state index contributed by atoms with van der Waals surface area (Å²) < 4.78 is 10.7. The van der Waals surface area contributed by atoms with Crippen LogP contribution in [0.15, 0.2) is 61.2 Å². The molecule has 3 aromatic rings. The number of rotatable bonds is 6. The first kappa shape index (κ1) is 16.8. The predicted molar refractivity (Wildman–Crippen MR) is 99.5 cm³/mol. The fourth-order valence-electron chi connectivity index (χ4n) is 2.70. The van der Waals surface area contributed by atoms with Gasteiger partial charge in [-0.15, -0.1) is 0 Å². The van der Waals surface area contributed by atoms with Crippen molar-refractivity contribution in [3.8, 4) is 11.5 Å². The summed E-state index contributed by atoms with van der Waals surface area (Å²) in [5.74, 6) is 1.32. The zero-order valence-corrected chi connectivity index (χ0v) is 14.5. The zero-order chi connectivity index (χ0) is 18.5. The lowest BCUT2D eigenvalue weighted by Gasteiger charge is -2.09. The van der Waals surface area contributed by atoms with E-state index >= 15 is 0 Å². The number of pyridine rings is 2. The highest BCUT2D eigenvalue weighted by atomic mass is 16.7. The third-order valence-electron chi connectivity index (χ3n) is 4.11. The summed E-state index contributed by atoms with van der Waals surface area (Å²) in [5, 5.41) is 6.14. The number of nitrogens with one attached hydrogen (secondary N) is 2. The number of anilines is 1. The van der Waals surface area contributed by atoms with Gasteiger partial charge in [0, 0.05) is 37.9 Å². The first-order valence-corrected chi connectivity index (χ1v) is 8.52. The monoisotopic (exact) mass is 362 g/mol. The molecule has 0 bridgehead atoms. The van der Waals surface area contributed by atoms with Crippen LogP contribution in [0.5, 0.6) is 11.5 Å². The molecule has 27 heavy (non-hydrogen) atoms. The number of fused-ring (bicyclic) bond motifs is 1.